The normalized spacial score (nSPS) is 10.0. The molecule has 0 atom stereocenters. The lowest BCUT2D eigenvalue weighted by atomic mass is 10.2. The molecular formula is C14H14FNO. The molecule has 0 aliphatic carbocycles. The number of nitrogens with one attached hydrogen (secondary N) is 1. The fraction of sp³-hybridized carbons (Fsp3) is 0.143. The molecule has 2 nitrogen and oxygen atoms in total. The predicted molar refractivity (Wildman–Crippen MR) is 66.7 cm³/mol. The Morgan fingerprint density at radius 2 is 1.82 bits per heavy atom. The lowest BCUT2D eigenvalue weighted by molar-refractivity contribution is 0.382. The van der Waals surface area contributed by atoms with Gasteiger partial charge in [0.15, 0.2) is 11.6 Å². The Balaban J connectivity index is 2.12. The first-order valence-corrected chi connectivity index (χ1v) is 5.41. The van der Waals surface area contributed by atoms with Crippen molar-refractivity contribution in [3.8, 4) is 5.75 Å². The van der Waals surface area contributed by atoms with Crippen molar-refractivity contribution in [2.45, 2.75) is 6.54 Å². The molecule has 0 amide bonds. The Kier molecular flexibility index (Phi) is 3.60. The molecule has 0 fully saturated rings. The fourth-order valence-corrected chi connectivity index (χ4v) is 1.67. The maximum atomic E-state index is 13.4. The van der Waals surface area contributed by atoms with Crippen LogP contribution in [0.2, 0.25) is 0 Å². The number of anilines is 1. The molecule has 0 heterocycles. The van der Waals surface area contributed by atoms with Crippen molar-refractivity contribution in [3.05, 3.63) is 59.9 Å². The van der Waals surface area contributed by atoms with Crippen molar-refractivity contribution >= 4 is 5.69 Å². The van der Waals surface area contributed by atoms with Gasteiger partial charge in [0, 0.05) is 17.8 Å². The molecular weight excluding hydrogens is 217 g/mol. The van der Waals surface area contributed by atoms with Crippen LogP contribution in [0.4, 0.5) is 10.1 Å². The zero-order valence-corrected chi connectivity index (χ0v) is 9.61. The molecule has 0 saturated carbocycles. The summed E-state index contributed by atoms with van der Waals surface area (Å²) in [6, 6.07) is 14.7. The van der Waals surface area contributed by atoms with Crippen LogP contribution in [0.1, 0.15) is 5.56 Å². The van der Waals surface area contributed by atoms with Gasteiger partial charge in [-0.3, -0.25) is 0 Å². The topological polar surface area (TPSA) is 21.3 Å². The van der Waals surface area contributed by atoms with Crippen LogP contribution in [-0.4, -0.2) is 7.11 Å². The minimum atomic E-state index is -0.333. The lowest BCUT2D eigenvalue weighted by Gasteiger charge is -2.11. The van der Waals surface area contributed by atoms with Gasteiger partial charge < -0.3 is 10.1 Å². The molecule has 2 aromatic rings. The standard InChI is InChI=1S/C14H14FNO/c1-17-14-11(6-5-9-13(14)15)10-16-12-7-3-2-4-8-12/h2-9,16H,10H2,1H3. The van der Waals surface area contributed by atoms with Crippen LogP contribution >= 0.6 is 0 Å². The molecule has 0 aliphatic rings. The van der Waals surface area contributed by atoms with E-state index in [0.29, 0.717) is 12.3 Å². The van der Waals surface area contributed by atoms with E-state index in [9.17, 15) is 4.39 Å². The summed E-state index contributed by atoms with van der Waals surface area (Å²) in [6.07, 6.45) is 0. The van der Waals surface area contributed by atoms with Gasteiger partial charge >= 0.3 is 0 Å². The summed E-state index contributed by atoms with van der Waals surface area (Å²) in [5, 5.41) is 3.22. The van der Waals surface area contributed by atoms with Gasteiger partial charge in [0.1, 0.15) is 0 Å². The summed E-state index contributed by atoms with van der Waals surface area (Å²) in [6.45, 7) is 0.533. The SMILES string of the molecule is COc1c(F)cccc1CNc1ccccc1. The molecule has 0 aromatic heterocycles. The third kappa shape index (κ3) is 2.75. The van der Waals surface area contributed by atoms with Crippen LogP contribution in [0, 0.1) is 5.82 Å². The molecule has 2 aromatic carbocycles. The second-order valence-electron chi connectivity index (χ2n) is 3.65. The molecule has 0 bridgehead atoms. The van der Waals surface area contributed by atoms with Crippen molar-refractivity contribution in [1.29, 1.82) is 0 Å². The first kappa shape index (κ1) is 11.5. The van der Waals surface area contributed by atoms with Crippen LogP contribution < -0.4 is 10.1 Å². The van der Waals surface area contributed by atoms with E-state index < -0.39 is 0 Å². The minimum absolute atomic E-state index is 0.302. The maximum absolute atomic E-state index is 13.4. The van der Waals surface area contributed by atoms with Crippen LogP contribution in [0.15, 0.2) is 48.5 Å². The maximum Gasteiger partial charge on any atom is 0.165 e. The molecule has 0 unspecified atom stereocenters. The van der Waals surface area contributed by atoms with Crippen molar-refractivity contribution < 1.29 is 9.13 Å². The lowest BCUT2D eigenvalue weighted by Crippen LogP contribution is -2.02. The predicted octanol–water partition coefficient (Wildman–Crippen LogP) is 3.45. The minimum Gasteiger partial charge on any atom is -0.493 e. The summed E-state index contributed by atoms with van der Waals surface area (Å²) < 4.78 is 18.5. The van der Waals surface area contributed by atoms with Gasteiger partial charge in [-0.15, -0.1) is 0 Å². The van der Waals surface area contributed by atoms with Crippen LogP contribution in [0.5, 0.6) is 5.75 Å². The number of para-hydroxylation sites is 2. The van der Waals surface area contributed by atoms with E-state index in [-0.39, 0.29) is 5.82 Å². The highest BCUT2D eigenvalue weighted by Gasteiger charge is 2.07. The van der Waals surface area contributed by atoms with Gasteiger partial charge in [0.25, 0.3) is 0 Å². The van der Waals surface area contributed by atoms with E-state index in [2.05, 4.69) is 5.32 Å². The van der Waals surface area contributed by atoms with E-state index in [0.717, 1.165) is 11.3 Å². The Labute approximate surface area is 100 Å². The zero-order valence-electron chi connectivity index (χ0n) is 9.61. The monoisotopic (exact) mass is 231 g/mol. The number of hydrogen-bond donors (Lipinski definition) is 1. The summed E-state index contributed by atoms with van der Waals surface area (Å²) >= 11 is 0. The van der Waals surface area contributed by atoms with Crippen LogP contribution in [0.3, 0.4) is 0 Å². The van der Waals surface area contributed by atoms with E-state index in [1.807, 2.05) is 36.4 Å². The zero-order chi connectivity index (χ0) is 12.1. The molecule has 88 valence electrons. The number of rotatable bonds is 4. The Bertz CT molecular complexity index is 485. The van der Waals surface area contributed by atoms with Crippen molar-refractivity contribution in [2.75, 3.05) is 12.4 Å². The van der Waals surface area contributed by atoms with Crippen molar-refractivity contribution in [2.24, 2.45) is 0 Å². The largest absolute Gasteiger partial charge is 0.493 e. The van der Waals surface area contributed by atoms with E-state index in [1.54, 1.807) is 6.07 Å². The van der Waals surface area contributed by atoms with Crippen molar-refractivity contribution in [3.63, 3.8) is 0 Å². The van der Waals surface area contributed by atoms with Crippen LogP contribution in [-0.2, 0) is 6.54 Å². The number of benzene rings is 2. The molecule has 0 radical (unpaired) electrons. The van der Waals surface area contributed by atoms with Crippen LogP contribution in [0.25, 0.3) is 0 Å². The molecule has 0 spiro atoms. The first-order valence-electron chi connectivity index (χ1n) is 5.41. The Morgan fingerprint density at radius 1 is 1.06 bits per heavy atom. The van der Waals surface area contributed by atoms with Gasteiger partial charge in [-0.2, -0.15) is 0 Å². The van der Waals surface area contributed by atoms with Gasteiger partial charge in [-0.1, -0.05) is 30.3 Å². The van der Waals surface area contributed by atoms with Gasteiger partial charge in [0.05, 0.1) is 7.11 Å². The first-order chi connectivity index (χ1) is 8.31. The van der Waals surface area contributed by atoms with Crippen molar-refractivity contribution in [1.82, 2.24) is 0 Å². The average molecular weight is 231 g/mol. The van der Waals surface area contributed by atoms with Gasteiger partial charge in [0.2, 0.25) is 0 Å². The number of methoxy groups -OCH3 is 1. The fourth-order valence-electron chi connectivity index (χ4n) is 1.67. The summed E-state index contributed by atoms with van der Waals surface area (Å²) in [7, 11) is 1.48. The highest BCUT2D eigenvalue weighted by molar-refractivity contribution is 5.45. The summed E-state index contributed by atoms with van der Waals surface area (Å²) in [5.74, 6) is -0.0317. The third-order valence-corrected chi connectivity index (χ3v) is 2.51. The average Bonchev–Trinajstić information content (AvgIpc) is 2.37. The van der Waals surface area contributed by atoms with E-state index in [4.69, 9.17) is 4.74 Å². The highest BCUT2D eigenvalue weighted by atomic mass is 19.1. The van der Waals surface area contributed by atoms with E-state index >= 15 is 0 Å². The second-order valence-corrected chi connectivity index (χ2v) is 3.65. The summed E-state index contributed by atoms with van der Waals surface area (Å²) in [4.78, 5) is 0. The van der Waals surface area contributed by atoms with E-state index in [1.165, 1.54) is 13.2 Å². The second kappa shape index (κ2) is 5.34. The summed E-state index contributed by atoms with van der Waals surface area (Å²) in [5.41, 5.74) is 1.80. The van der Waals surface area contributed by atoms with Gasteiger partial charge in [-0.25, -0.2) is 4.39 Å². The third-order valence-electron chi connectivity index (χ3n) is 2.51. The molecule has 3 heteroatoms. The smallest absolute Gasteiger partial charge is 0.165 e. The highest BCUT2D eigenvalue weighted by Crippen LogP contribution is 2.23. The Hall–Kier alpha value is -2.03. The molecule has 17 heavy (non-hydrogen) atoms. The number of hydrogen-bond acceptors (Lipinski definition) is 2. The number of halogens is 1. The Morgan fingerprint density at radius 3 is 2.53 bits per heavy atom. The molecule has 1 N–H and O–H groups in total. The molecule has 0 aliphatic heterocycles. The van der Waals surface area contributed by atoms with Gasteiger partial charge in [-0.05, 0) is 18.2 Å². The quantitative estimate of drug-likeness (QED) is 0.870. The molecule has 0 saturated heterocycles. The number of ether oxygens (including phenoxy) is 1. The molecule has 2 rings (SSSR count).